The van der Waals surface area contributed by atoms with Crippen molar-refractivity contribution >= 4 is 71.6 Å². The second-order valence-electron chi connectivity index (χ2n) is 15.7. The minimum absolute atomic E-state index is 0.883. The van der Waals surface area contributed by atoms with Crippen LogP contribution in [0.5, 0.6) is 0 Å². The predicted octanol–water partition coefficient (Wildman–Crippen LogP) is 16.3. The second kappa shape index (κ2) is 14.3. The molecule has 286 valence electrons. The molecule has 0 N–H and O–H groups in total. The summed E-state index contributed by atoms with van der Waals surface area (Å²) in [5.41, 5.74) is 15.3. The number of para-hydroxylation sites is 4. The molecule has 0 unspecified atom stereocenters. The summed E-state index contributed by atoms with van der Waals surface area (Å²) in [7, 11) is 0. The van der Waals surface area contributed by atoms with Gasteiger partial charge in [-0.25, -0.2) is 0 Å². The van der Waals surface area contributed by atoms with Crippen LogP contribution in [0.3, 0.4) is 0 Å². The summed E-state index contributed by atoms with van der Waals surface area (Å²) in [4.78, 5) is 2.40. The maximum atomic E-state index is 6.93. The number of furan rings is 1. The fourth-order valence-corrected chi connectivity index (χ4v) is 9.35. The summed E-state index contributed by atoms with van der Waals surface area (Å²) in [6, 6.07) is 82.8. The lowest BCUT2D eigenvalue weighted by atomic mass is 9.98. The van der Waals surface area contributed by atoms with Gasteiger partial charge in [0.05, 0.1) is 16.7 Å². The van der Waals surface area contributed by atoms with Crippen LogP contribution in [0.2, 0.25) is 0 Å². The maximum absolute atomic E-state index is 6.93. The number of hydrogen-bond acceptors (Lipinski definition) is 2. The van der Waals surface area contributed by atoms with E-state index in [0.29, 0.717) is 0 Å². The molecule has 0 aliphatic rings. The van der Waals surface area contributed by atoms with Crippen molar-refractivity contribution in [3.63, 3.8) is 0 Å². The average molecular weight is 779 g/mol. The van der Waals surface area contributed by atoms with Crippen LogP contribution in [0.15, 0.2) is 235 Å². The first-order valence-corrected chi connectivity index (χ1v) is 20.8. The van der Waals surface area contributed by atoms with Gasteiger partial charge in [-0.15, -0.1) is 0 Å². The molecule has 0 fully saturated rings. The predicted molar refractivity (Wildman–Crippen MR) is 257 cm³/mol. The number of rotatable bonds is 7. The van der Waals surface area contributed by atoms with Gasteiger partial charge in [-0.3, -0.25) is 0 Å². The molecule has 3 nitrogen and oxygen atoms in total. The van der Waals surface area contributed by atoms with Gasteiger partial charge >= 0.3 is 0 Å². The van der Waals surface area contributed by atoms with E-state index in [1.165, 1.54) is 43.9 Å². The van der Waals surface area contributed by atoms with E-state index < -0.39 is 0 Å². The van der Waals surface area contributed by atoms with E-state index in [1.807, 2.05) is 0 Å². The summed E-state index contributed by atoms with van der Waals surface area (Å²) in [5, 5.41) is 6.99. The molecule has 0 saturated heterocycles. The van der Waals surface area contributed by atoms with Crippen molar-refractivity contribution in [3.8, 4) is 39.1 Å². The Kier molecular flexibility index (Phi) is 8.17. The first kappa shape index (κ1) is 34.9. The van der Waals surface area contributed by atoms with Gasteiger partial charge in [0, 0.05) is 55.1 Å². The Bertz CT molecular complexity index is 3540. The minimum atomic E-state index is 0.883. The molecular weight excluding hydrogens is 741 g/mol. The lowest BCUT2D eigenvalue weighted by Gasteiger charge is -2.28. The van der Waals surface area contributed by atoms with Gasteiger partial charge in [0.1, 0.15) is 11.2 Å². The van der Waals surface area contributed by atoms with Gasteiger partial charge < -0.3 is 13.9 Å². The van der Waals surface area contributed by atoms with Crippen LogP contribution in [0.1, 0.15) is 0 Å². The third kappa shape index (κ3) is 5.82. The molecule has 2 aromatic heterocycles. The Balaban J connectivity index is 1.05. The first-order chi connectivity index (χ1) is 30.3. The van der Waals surface area contributed by atoms with Crippen molar-refractivity contribution in [3.05, 3.63) is 231 Å². The number of anilines is 3. The molecule has 3 heteroatoms. The number of hydrogen-bond donors (Lipinski definition) is 0. The summed E-state index contributed by atoms with van der Waals surface area (Å²) < 4.78 is 9.32. The quantitative estimate of drug-likeness (QED) is 0.161. The maximum Gasteiger partial charge on any atom is 0.143 e. The van der Waals surface area contributed by atoms with Crippen LogP contribution in [-0.2, 0) is 0 Å². The van der Waals surface area contributed by atoms with Crippen molar-refractivity contribution in [1.29, 1.82) is 0 Å². The van der Waals surface area contributed by atoms with Crippen LogP contribution in [0.25, 0.3) is 93.6 Å². The van der Waals surface area contributed by atoms with E-state index in [2.05, 4.69) is 240 Å². The number of aromatic nitrogens is 1. The summed E-state index contributed by atoms with van der Waals surface area (Å²) in [5.74, 6) is 0. The zero-order chi connectivity index (χ0) is 40.3. The highest BCUT2D eigenvalue weighted by molar-refractivity contribution is 6.18. The lowest BCUT2D eigenvalue weighted by molar-refractivity contribution is 0.674. The molecule has 0 bridgehead atoms. The molecule has 0 amide bonds. The van der Waals surface area contributed by atoms with Crippen LogP contribution < -0.4 is 4.90 Å². The van der Waals surface area contributed by atoms with Crippen molar-refractivity contribution in [2.75, 3.05) is 4.90 Å². The molecule has 10 aromatic carbocycles. The van der Waals surface area contributed by atoms with Gasteiger partial charge in [0.15, 0.2) is 0 Å². The minimum Gasteiger partial charge on any atom is -0.455 e. The summed E-state index contributed by atoms with van der Waals surface area (Å²) >= 11 is 0. The SMILES string of the molecule is c1ccc(-c2cccc(-c3ccc(N(c4cccc(-n5c6ccccc6c6ccccc65)c4)c4ccccc4-c4cccc5c4oc4c6ccccc6ccc54)cc3)c2)cc1. The van der Waals surface area contributed by atoms with Gasteiger partial charge in [-0.05, 0) is 88.3 Å². The zero-order valence-corrected chi connectivity index (χ0v) is 33.2. The first-order valence-electron chi connectivity index (χ1n) is 20.8. The molecule has 0 saturated carbocycles. The van der Waals surface area contributed by atoms with Crippen LogP contribution >= 0.6 is 0 Å². The molecular formula is C58H38N2O. The molecule has 0 aliphatic heterocycles. The molecule has 61 heavy (non-hydrogen) atoms. The second-order valence-corrected chi connectivity index (χ2v) is 15.7. The average Bonchev–Trinajstić information content (AvgIpc) is 3.89. The smallest absolute Gasteiger partial charge is 0.143 e. The monoisotopic (exact) mass is 778 g/mol. The van der Waals surface area contributed by atoms with E-state index in [1.54, 1.807) is 0 Å². The Morgan fingerprint density at radius 2 is 0.902 bits per heavy atom. The molecule has 2 heterocycles. The Labute approximate surface area is 353 Å². The molecule has 0 radical (unpaired) electrons. The van der Waals surface area contributed by atoms with Crippen molar-refractivity contribution in [2.24, 2.45) is 0 Å². The Hall–Kier alpha value is -8.14. The van der Waals surface area contributed by atoms with Gasteiger partial charge in [0.25, 0.3) is 0 Å². The van der Waals surface area contributed by atoms with Crippen LogP contribution in [0, 0.1) is 0 Å². The van der Waals surface area contributed by atoms with E-state index in [9.17, 15) is 0 Å². The van der Waals surface area contributed by atoms with Crippen LogP contribution in [-0.4, -0.2) is 4.57 Å². The van der Waals surface area contributed by atoms with E-state index >= 15 is 0 Å². The molecule has 12 aromatic rings. The van der Waals surface area contributed by atoms with E-state index in [0.717, 1.165) is 66.8 Å². The topological polar surface area (TPSA) is 21.3 Å². The normalized spacial score (nSPS) is 11.6. The number of nitrogens with zero attached hydrogens (tertiary/aromatic N) is 2. The zero-order valence-electron chi connectivity index (χ0n) is 33.2. The van der Waals surface area contributed by atoms with E-state index in [-0.39, 0.29) is 0 Å². The van der Waals surface area contributed by atoms with Crippen LogP contribution in [0.4, 0.5) is 17.1 Å². The lowest BCUT2D eigenvalue weighted by Crippen LogP contribution is -2.12. The summed E-state index contributed by atoms with van der Waals surface area (Å²) in [6.45, 7) is 0. The Morgan fingerprint density at radius 1 is 0.328 bits per heavy atom. The van der Waals surface area contributed by atoms with E-state index in [4.69, 9.17) is 4.42 Å². The molecule has 0 spiro atoms. The highest BCUT2D eigenvalue weighted by Gasteiger charge is 2.22. The third-order valence-electron chi connectivity index (χ3n) is 12.2. The van der Waals surface area contributed by atoms with Crippen molar-refractivity contribution < 1.29 is 4.42 Å². The highest BCUT2D eigenvalue weighted by Crippen LogP contribution is 2.46. The molecule has 0 aliphatic carbocycles. The van der Waals surface area contributed by atoms with Crippen molar-refractivity contribution in [2.45, 2.75) is 0 Å². The highest BCUT2D eigenvalue weighted by atomic mass is 16.3. The fourth-order valence-electron chi connectivity index (χ4n) is 9.35. The molecule has 0 atom stereocenters. The van der Waals surface area contributed by atoms with Gasteiger partial charge in [-0.1, -0.05) is 170 Å². The third-order valence-corrected chi connectivity index (χ3v) is 12.2. The standard InChI is InChI=1S/C58H38N2O/c1-2-15-39(16-3-1)42-18-12-19-43(37-42)40-31-34-44(35-32-40)59(45-20-13-21-46(38-45)60-55-29-10-6-23-48(55)49-24-7-11-30-56(49)60)54-28-9-8-25-50(54)51-26-14-27-52-53-36-33-41-17-4-5-22-47(41)57(53)61-58(51)52/h1-38H. The fraction of sp³-hybridized carbons (Fsp3) is 0. The largest absolute Gasteiger partial charge is 0.455 e. The van der Waals surface area contributed by atoms with Crippen molar-refractivity contribution in [1.82, 2.24) is 4.57 Å². The van der Waals surface area contributed by atoms with Gasteiger partial charge in [0.2, 0.25) is 0 Å². The van der Waals surface area contributed by atoms with Gasteiger partial charge in [-0.2, -0.15) is 0 Å². The number of fused-ring (bicyclic) bond motifs is 8. The molecule has 12 rings (SSSR count). The summed E-state index contributed by atoms with van der Waals surface area (Å²) in [6.07, 6.45) is 0. The Morgan fingerprint density at radius 3 is 1.69 bits per heavy atom. The number of benzene rings is 10.